The van der Waals surface area contributed by atoms with E-state index < -0.39 is 16.0 Å². The third-order valence-electron chi connectivity index (χ3n) is 3.18. The molecule has 0 unspecified atom stereocenters. The first-order valence-electron chi connectivity index (χ1n) is 6.77. The van der Waals surface area contributed by atoms with Crippen LogP contribution in [0.2, 0.25) is 0 Å². The molecule has 0 bridgehead atoms. The maximum absolute atomic E-state index is 12.5. The Balaban J connectivity index is 2.42. The molecule has 0 aromatic heterocycles. The number of nitriles is 1. The third kappa shape index (κ3) is 3.83. The third-order valence-corrected chi connectivity index (χ3v) is 4.55. The van der Waals surface area contributed by atoms with Crippen molar-refractivity contribution in [3.8, 4) is 11.8 Å². The number of aromatic carboxylic acids is 1. The number of carboxylic acids is 1. The van der Waals surface area contributed by atoms with E-state index in [-0.39, 0.29) is 28.3 Å². The van der Waals surface area contributed by atoms with Gasteiger partial charge >= 0.3 is 5.97 Å². The lowest BCUT2D eigenvalue weighted by atomic mass is 10.2. The molecular formula is C16H14N2O5S. The molecule has 0 amide bonds. The van der Waals surface area contributed by atoms with Gasteiger partial charge in [0.15, 0.2) is 0 Å². The molecule has 0 heterocycles. The number of benzene rings is 2. The van der Waals surface area contributed by atoms with Gasteiger partial charge in [0.05, 0.1) is 35.7 Å². The van der Waals surface area contributed by atoms with Crippen molar-refractivity contribution in [2.24, 2.45) is 0 Å². The van der Waals surface area contributed by atoms with Gasteiger partial charge in [-0.1, -0.05) is 12.1 Å². The highest BCUT2D eigenvalue weighted by atomic mass is 32.2. The largest absolute Gasteiger partial charge is 0.495 e. The van der Waals surface area contributed by atoms with E-state index in [0.29, 0.717) is 5.56 Å². The lowest BCUT2D eigenvalue weighted by molar-refractivity contribution is 0.0697. The Kier molecular flexibility index (Phi) is 5.06. The van der Waals surface area contributed by atoms with Gasteiger partial charge in [0.2, 0.25) is 0 Å². The Labute approximate surface area is 139 Å². The van der Waals surface area contributed by atoms with Crippen LogP contribution < -0.4 is 9.46 Å². The van der Waals surface area contributed by atoms with Crippen molar-refractivity contribution in [1.82, 2.24) is 0 Å². The molecule has 0 fully saturated rings. The first kappa shape index (κ1) is 17.3. The van der Waals surface area contributed by atoms with E-state index in [2.05, 4.69) is 4.72 Å². The summed E-state index contributed by atoms with van der Waals surface area (Å²) in [6, 6.07) is 11.8. The van der Waals surface area contributed by atoms with Crippen LogP contribution in [0.25, 0.3) is 0 Å². The highest BCUT2D eigenvalue weighted by Crippen LogP contribution is 2.28. The normalized spacial score (nSPS) is 10.7. The number of nitrogens with zero attached hydrogens (tertiary/aromatic N) is 1. The molecule has 8 heteroatoms. The quantitative estimate of drug-likeness (QED) is 0.828. The molecule has 0 aliphatic carbocycles. The number of sulfonamides is 1. The molecule has 0 aliphatic rings. The maximum Gasteiger partial charge on any atom is 0.335 e. The van der Waals surface area contributed by atoms with Gasteiger partial charge in [-0.15, -0.1) is 0 Å². The minimum absolute atomic E-state index is 0.0167. The highest BCUT2D eigenvalue weighted by molar-refractivity contribution is 7.92. The molecule has 0 spiro atoms. The predicted molar refractivity (Wildman–Crippen MR) is 86.5 cm³/mol. The van der Waals surface area contributed by atoms with E-state index in [4.69, 9.17) is 15.1 Å². The zero-order valence-electron chi connectivity index (χ0n) is 12.7. The SMILES string of the molecule is COc1ccc(C(=O)O)cc1NS(=O)(=O)c1cccc(CC#N)c1. The fourth-order valence-corrected chi connectivity index (χ4v) is 3.17. The minimum Gasteiger partial charge on any atom is -0.495 e. The smallest absolute Gasteiger partial charge is 0.335 e. The Bertz CT molecular complexity index is 916. The van der Waals surface area contributed by atoms with Crippen molar-refractivity contribution in [2.45, 2.75) is 11.3 Å². The van der Waals surface area contributed by atoms with E-state index >= 15 is 0 Å². The molecule has 2 N–H and O–H groups in total. The van der Waals surface area contributed by atoms with Gasteiger partial charge in [-0.2, -0.15) is 5.26 Å². The van der Waals surface area contributed by atoms with Gasteiger partial charge in [0.1, 0.15) is 5.75 Å². The number of hydrogen-bond donors (Lipinski definition) is 2. The summed E-state index contributed by atoms with van der Waals surface area (Å²) in [4.78, 5) is 11.0. The standard InChI is InChI=1S/C16H14N2O5S/c1-23-15-6-5-12(16(19)20)10-14(15)18-24(21,22)13-4-2-3-11(9-13)7-8-17/h2-6,9-10,18H,7H2,1H3,(H,19,20). The summed E-state index contributed by atoms with van der Waals surface area (Å²) in [6.07, 6.45) is 0.0845. The van der Waals surface area contributed by atoms with Gasteiger partial charge in [0.25, 0.3) is 10.0 Å². The van der Waals surface area contributed by atoms with Crippen LogP contribution >= 0.6 is 0 Å². The van der Waals surface area contributed by atoms with Gasteiger partial charge in [-0.3, -0.25) is 4.72 Å². The van der Waals surface area contributed by atoms with Crippen molar-refractivity contribution < 1.29 is 23.1 Å². The van der Waals surface area contributed by atoms with Crippen LogP contribution in [0.4, 0.5) is 5.69 Å². The topological polar surface area (TPSA) is 116 Å². The Morgan fingerprint density at radius 1 is 1.29 bits per heavy atom. The molecule has 0 saturated heterocycles. The maximum atomic E-state index is 12.5. The molecule has 0 saturated carbocycles. The van der Waals surface area contributed by atoms with Crippen LogP contribution in [0.3, 0.4) is 0 Å². The predicted octanol–water partition coefficient (Wildman–Crippen LogP) is 2.26. The molecule has 0 atom stereocenters. The van der Waals surface area contributed by atoms with E-state index in [1.54, 1.807) is 6.07 Å². The zero-order chi connectivity index (χ0) is 17.7. The number of carboxylic acid groups (broad SMARTS) is 1. The Morgan fingerprint density at radius 3 is 2.67 bits per heavy atom. The summed E-state index contributed by atoms with van der Waals surface area (Å²) < 4.78 is 32.4. The van der Waals surface area contributed by atoms with Crippen LogP contribution in [-0.2, 0) is 16.4 Å². The number of methoxy groups -OCH3 is 1. The van der Waals surface area contributed by atoms with Crippen LogP contribution in [0.5, 0.6) is 5.75 Å². The summed E-state index contributed by atoms with van der Waals surface area (Å²) in [7, 11) is -2.61. The van der Waals surface area contributed by atoms with Gasteiger partial charge in [0, 0.05) is 0 Å². The number of hydrogen-bond acceptors (Lipinski definition) is 5. The number of rotatable bonds is 6. The van der Waals surface area contributed by atoms with Gasteiger partial charge < -0.3 is 9.84 Å². The molecular weight excluding hydrogens is 332 g/mol. The summed E-state index contributed by atoms with van der Waals surface area (Å²) in [5, 5.41) is 17.7. The van der Waals surface area contributed by atoms with Crippen molar-refractivity contribution in [2.75, 3.05) is 11.8 Å². The number of nitrogens with one attached hydrogen (secondary N) is 1. The van der Waals surface area contributed by atoms with Crippen LogP contribution in [0, 0.1) is 11.3 Å². The second-order valence-electron chi connectivity index (χ2n) is 4.81. The minimum atomic E-state index is -3.96. The number of ether oxygens (including phenoxy) is 1. The molecule has 7 nitrogen and oxygen atoms in total. The lowest BCUT2D eigenvalue weighted by Gasteiger charge is -2.13. The van der Waals surface area contributed by atoms with Gasteiger partial charge in [-0.05, 0) is 35.9 Å². The average Bonchev–Trinajstić information content (AvgIpc) is 2.55. The second-order valence-corrected chi connectivity index (χ2v) is 6.49. The van der Waals surface area contributed by atoms with E-state index in [0.717, 1.165) is 0 Å². The second kappa shape index (κ2) is 7.02. The summed E-state index contributed by atoms with van der Waals surface area (Å²) in [5.74, 6) is -0.995. The molecule has 2 aromatic rings. The Hall–Kier alpha value is -3.05. The van der Waals surface area contributed by atoms with Crippen LogP contribution in [0.1, 0.15) is 15.9 Å². The monoisotopic (exact) mass is 346 g/mol. The first-order valence-corrected chi connectivity index (χ1v) is 8.25. The fourth-order valence-electron chi connectivity index (χ4n) is 2.04. The molecule has 0 radical (unpaired) electrons. The number of carbonyl (C=O) groups is 1. The number of anilines is 1. The molecule has 2 aromatic carbocycles. The van der Waals surface area contributed by atoms with Crippen molar-refractivity contribution in [3.63, 3.8) is 0 Å². The summed E-state index contributed by atoms with van der Waals surface area (Å²) in [5.41, 5.74) is 0.501. The first-order chi connectivity index (χ1) is 11.4. The zero-order valence-corrected chi connectivity index (χ0v) is 13.5. The van der Waals surface area contributed by atoms with E-state index in [1.807, 2.05) is 6.07 Å². The van der Waals surface area contributed by atoms with Crippen LogP contribution in [-0.4, -0.2) is 26.6 Å². The average molecular weight is 346 g/mol. The van der Waals surface area contributed by atoms with Crippen molar-refractivity contribution in [3.05, 3.63) is 53.6 Å². The molecule has 24 heavy (non-hydrogen) atoms. The highest BCUT2D eigenvalue weighted by Gasteiger charge is 2.18. The van der Waals surface area contributed by atoms with Crippen molar-refractivity contribution >= 4 is 21.7 Å². The molecule has 124 valence electrons. The van der Waals surface area contributed by atoms with Crippen LogP contribution in [0.15, 0.2) is 47.4 Å². The summed E-state index contributed by atoms with van der Waals surface area (Å²) >= 11 is 0. The van der Waals surface area contributed by atoms with Gasteiger partial charge in [-0.25, -0.2) is 13.2 Å². The fraction of sp³-hybridized carbons (Fsp3) is 0.125. The molecule has 2 rings (SSSR count). The van der Waals surface area contributed by atoms with E-state index in [1.165, 1.54) is 43.5 Å². The Morgan fingerprint density at radius 2 is 2.04 bits per heavy atom. The molecule has 0 aliphatic heterocycles. The summed E-state index contributed by atoms with van der Waals surface area (Å²) in [6.45, 7) is 0. The van der Waals surface area contributed by atoms with Crippen molar-refractivity contribution in [1.29, 1.82) is 5.26 Å². The van der Waals surface area contributed by atoms with E-state index in [9.17, 15) is 13.2 Å². The lowest BCUT2D eigenvalue weighted by Crippen LogP contribution is -2.14.